The first kappa shape index (κ1) is 13.7. The quantitative estimate of drug-likeness (QED) is 0.662. The van der Waals surface area contributed by atoms with E-state index in [1.807, 2.05) is 6.07 Å². The molecule has 1 saturated heterocycles. The Morgan fingerprint density at radius 1 is 1.53 bits per heavy atom. The van der Waals surface area contributed by atoms with Gasteiger partial charge in [0.05, 0.1) is 18.3 Å². The zero-order chi connectivity index (χ0) is 13.8. The second kappa shape index (κ2) is 5.93. The van der Waals surface area contributed by atoms with Gasteiger partial charge in [-0.25, -0.2) is 4.79 Å². The highest BCUT2D eigenvalue weighted by molar-refractivity contribution is 5.96. The van der Waals surface area contributed by atoms with Crippen molar-refractivity contribution in [3.63, 3.8) is 0 Å². The van der Waals surface area contributed by atoms with Crippen LogP contribution in [0.1, 0.15) is 23.7 Å². The van der Waals surface area contributed by atoms with E-state index in [0.717, 1.165) is 25.2 Å². The third-order valence-electron chi connectivity index (χ3n) is 3.38. The Kier molecular flexibility index (Phi) is 4.27. The number of methoxy groups -OCH3 is 1. The van der Waals surface area contributed by atoms with E-state index in [2.05, 4.69) is 4.90 Å². The van der Waals surface area contributed by atoms with Crippen molar-refractivity contribution < 1.29 is 14.3 Å². The van der Waals surface area contributed by atoms with Crippen LogP contribution in [0.4, 0.5) is 11.4 Å². The highest BCUT2D eigenvalue weighted by atomic mass is 16.5. The molecule has 1 fully saturated rings. The predicted molar refractivity (Wildman–Crippen MR) is 74.4 cm³/mol. The Bertz CT molecular complexity index is 462. The molecule has 19 heavy (non-hydrogen) atoms. The number of anilines is 2. The summed E-state index contributed by atoms with van der Waals surface area (Å²) in [6, 6.07) is 5.48. The molecule has 0 amide bonds. The number of carbonyl (C=O) groups is 1. The van der Waals surface area contributed by atoms with Crippen molar-refractivity contribution in [2.45, 2.75) is 19.4 Å². The van der Waals surface area contributed by atoms with Crippen LogP contribution < -0.4 is 10.6 Å². The zero-order valence-corrected chi connectivity index (χ0v) is 11.4. The minimum absolute atomic E-state index is 0.253. The van der Waals surface area contributed by atoms with E-state index in [4.69, 9.17) is 15.2 Å². The monoisotopic (exact) mass is 264 g/mol. The van der Waals surface area contributed by atoms with Gasteiger partial charge in [-0.3, -0.25) is 0 Å². The Labute approximate surface area is 113 Å². The number of ether oxygens (including phenoxy) is 2. The lowest BCUT2D eigenvalue weighted by Crippen LogP contribution is -2.22. The first-order valence-corrected chi connectivity index (χ1v) is 6.50. The minimum Gasteiger partial charge on any atom is -0.462 e. The standard InChI is InChI=1S/C14H20N2O3/c1-3-19-14(17)12-8-10(4-5-13(12)15)16-7-6-11(9-16)18-2/h4-5,8,11H,3,6-7,9,15H2,1-2H3. The van der Waals surface area contributed by atoms with E-state index < -0.39 is 0 Å². The van der Waals surface area contributed by atoms with Gasteiger partial charge in [-0.05, 0) is 31.5 Å². The van der Waals surface area contributed by atoms with Crippen LogP contribution in [0.15, 0.2) is 18.2 Å². The molecule has 1 aliphatic heterocycles. The van der Waals surface area contributed by atoms with Gasteiger partial charge < -0.3 is 20.1 Å². The van der Waals surface area contributed by atoms with Crippen molar-refractivity contribution in [1.82, 2.24) is 0 Å². The van der Waals surface area contributed by atoms with Crippen molar-refractivity contribution in [1.29, 1.82) is 0 Å². The number of esters is 1. The van der Waals surface area contributed by atoms with Crippen LogP contribution in [-0.4, -0.2) is 38.9 Å². The molecule has 0 bridgehead atoms. The van der Waals surface area contributed by atoms with Gasteiger partial charge in [0.1, 0.15) is 0 Å². The fourth-order valence-corrected chi connectivity index (χ4v) is 2.28. The minimum atomic E-state index is -0.371. The molecule has 1 heterocycles. The number of hydrogen-bond donors (Lipinski definition) is 1. The Balaban J connectivity index is 2.19. The Morgan fingerprint density at radius 3 is 2.95 bits per heavy atom. The van der Waals surface area contributed by atoms with Crippen molar-refractivity contribution in [2.24, 2.45) is 0 Å². The van der Waals surface area contributed by atoms with Crippen LogP contribution in [0.3, 0.4) is 0 Å². The SMILES string of the molecule is CCOC(=O)c1cc(N2CCC(OC)C2)ccc1N. The average molecular weight is 264 g/mol. The van der Waals surface area contributed by atoms with Crippen molar-refractivity contribution in [3.8, 4) is 0 Å². The van der Waals surface area contributed by atoms with E-state index in [9.17, 15) is 4.79 Å². The van der Waals surface area contributed by atoms with E-state index in [0.29, 0.717) is 17.9 Å². The molecule has 1 atom stereocenters. The van der Waals surface area contributed by atoms with Gasteiger partial charge in [-0.1, -0.05) is 0 Å². The molecule has 2 N–H and O–H groups in total. The maximum Gasteiger partial charge on any atom is 0.340 e. The normalized spacial score (nSPS) is 18.6. The van der Waals surface area contributed by atoms with Crippen LogP contribution in [0.5, 0.6) is 0 Å². The number of benzene rings is 1. The summed E-state index contributed by atoms with van der Waals surface area (Å²) in [5.41, 5.74) is 7.69. The number of rotatable bonds is 4. The molecular formula is C14H20N2O3. The van der Waals surface area contributed by atoms with E-state index in [-0.39, 0.29) is 12.1 Å². The summed E-state index contributed by atoms with van der Waals surface area (Å²) in [5, 5.41) is 0. The van der Waals surface area contributed by atoms with Crippen LogP contribution in [0, 0.1) is 0 Å². The molecule has 0 aliphatic carbocycles. The molecule has 0 radical (unpaired) electrons. The molecule has 5 heteroatoms. The Morgan fingerprint density at radius 2 is 2.32 bits per heavy atom. The molecule has 1 aromatic rings. The largest absolute Gasteiger partial charge is 0.462 e. The summed E-state index contributed by atoms with van der Waals surface area (Å²) in [6.45, 7) is 3.88. The smallest absolute Gasteiger partial charge is 0.340 e. The van der Waals surface area contributed by atoms with Gasteiger partial charge in [0, 0.05) is 31.6 Å². The van der Waals surface area contributed by atoms with Gasteiger partial charge in [0.2, 0.25) is 0 Å². The maximum atomic E-state index is 11.8. The van der Waals surface area contributed by atoms with E-state index >= 15 is 0 Å². The number of carbonyl (C=O) groups excluding carboxylic acids is 1. The van der Waals surface area contributed by atoms with Crippen LogP contribution in [0.2, 0.25) is 0 Å². The number of hydrogen-bond acceptors (Lipinski definition) is 5. The summed E-state index contributed by atoms with van der Waals surface area (Å²) in [4.78, 5) is 14.0. The topological polar surface area (TPSA) is 64.8 Å². The fourth-order valence-electron chi connectivity index (χ4n) is 2.28. The lowest BCUT2D eigenvalue weighted by atomic mass is 10.1. The summed E-state index contributed by atoms with van der Waals surface area (Å²) in [6.07, 6.45) is 1.25. The Hall–Kier alpha value is -1.75. The highest BCUT2D eigenvalue weighted by Crippen LogP contribution is 2.25. The summed E-state index contributed by atoms with van der Waals surface area (Å²) >= 11 is 0. The molecule has 104 valence electrons. The van der Waals surface area contributed by atoms with Gasteiger partial charge in [-0.2, -0.15) is 0 Å². The van der Waals surface area contributed by atoms with E-state index in [1.54, 1.807) is 26.2 Å². The molecule has 1 aromatic carbocycles. The van der Waals surface area contributed by atoms with Crippen LogP contribution in [-0.2, 0) is 9.47 Å². The van der Waals surface area contributed by atoms with Crippen LogP contribution in [0.25, 0.3) is 0 Å². The van der Waals surface area contributed by atoms with Gasteiger partial charge in [-0.15, -0.1) is 0 Å². The van der Waals surface area contributed by atoms with Gasteiger partial charge in [0.15, 0.2) is 0 Å². The summed E-state index contributed by atoms with van der Waals surface area (Å²) in [7, 11) is 1.72. The number of nitrogens with zero attached hydrogens (tertiary/aromatic N) is 1. The molecule has 1 unspecified atom stereocenters. The zero-order valence-electron chi connectivity index (χ0n) is 11.4. The molecular weight excluding hydrogens is 244 g/mol. The second-order valence-corrected chi connectivity index (χ2v) is 4.58. The molecule has 0 saturated carbocycles. The van der Waals surface area contributed by atoms with Crippen molar-refractivity contribution in [2.75, 3.05) is 37.4 Å². The maximum absolute atomic E-state index is 11.8. The van der Waals surface area contributed by atoms with Crippen molar-refractivity contribution in [3.05, 3.63) is 23.8 Å². The lowest BCUT2D eigenvalue weighted by molar-refractivity contribution is 0.0527. The van der Waals surface area contributed by atoms with Gasteiger partial charge >= 0.3 is 5.97 Å². The summed E-state index contributed by atoms with van der Waals surface area (Å²) in [5.74, 6) is -0.371. The highest BCUT2D eigenvalue weighted by Gasteiger charge is 2.23. The first-order valence-electron chi connectivity index (χ1n) is 6.50. The van der Waals surface area contributed by atoms with Crippen LogP contribution >= 0.6 is 0 Å². The third-order valence-corrected chi connectivity index (χ3v) is 3.38. The summed E-state index contributed by atoms with van der Waals surface area (Å²) < 4.78 is 10.4. The predicted octanol–water partition coefficient (Wildman–Crippen LogP) is 1.67. The molecule has 0 aromatic heterocycles. The molecule has 5 nitrogen and oxygen atoms in total. The first-order chi connectivity index (χ1) is 9.15. The molecule has 2 rings (SSSR count). The second-order valence-electron chi connectivity index (χ2n) is 4.58. The average Bonchev–Trinajstić information content (AvgIpc) is 2.88. The number of nitrogen functional groups attached to an aromatic ring is 1. The van der Waals surface area contributed by atoms with Gasteiger partial charge in [0.25, 0.3) is 0 Å². The number of nitrogens with two attached hydrogens (primary N) is 1. The third kappa shape index (κ3) is 2.98. The lowest BCUT2D eigenvalue weighted by Gasteiger charge is -2.19. The van der Waals surface area contributed by atoms with Crippen molar-refractivity contribution >= 4 is 17.3 Å². The fraction of sp³-hybridized carbons (Fsp3) is 0.500. The molecule has 1 aliphatic rings. The molecule has 0 spiro atoms. The van der Waals surface area contributed by atoms with E-state index in [1.165, 1.54) is 0 Å².